The van der Waals surface area contributed by atoms with Gasteiger partial charge in [-0.1, -0.05) is 12.5 Å². The largest absolute Gasteiger partial charge is 0.496 e. The van der Waals surface area contributed by atoms with Gasteiger partial charge in [0.25, 0.3) is 0 Å². The van der Waals surface area contributed by atoms with Crippen molar-refractivity contribution in [2.75, 3.05) is 14.2 Å². The fraction of sp³-hybridized carbons (Fsp3) is 0.538. The van der Waals surface area contributed by atoms with Crippen molar-refractivity contribution in [3.63, 3.8) is 0 Å². The van der Waals surface area contributed by atoms with E-state index in [0.717, 1.165) is 17.1 Å². The van der Waals surface area contributed by atoms with Crippen molar-refractivity contribution < 1.29 is 9.47 Å². The van der Waals surface area contributed by atoms with Crippen LogP contribution in [0.1, 0.15) is 30.9 Å². The smallest absolute Gasteiger partial charge is 0.127 e. The van der Waals surface area contributed by atoms with Gasteiger partial charge in [0, 0.05) is 6.04 Å². The molecule has 1 fully saturated rings. The molecule has 0 aromatic heterocycles. The summed E-state index contributed by atoms with van der Waals surface area (Å²) in [7, 11) is 3.34. The van der Waals surface area contributed by atoms with E-state index in [0.29, 0.717) is 5.92 Å². The lowest BCUT2D eigenvalue weighted by atomic mass is 9.77. The Labute approximate surface area is 109 Å². The standard InChI is InChI=1S/C13H19NO2.ClH/c1-15-10-7-4-8-11(16-2)12(10)13(14)9-5-3-6-9;/h4,7-9,13H,3,5-6,14H2,1-2H3;1H/t13-;/m0./s1. The minimum atomic E-state index is 0. The Morgan fingerprint density at radius 3 is 2.06 bits per heavy atom. The van der Waals surface area contributed by atoms with Gasteiger partial charge in [0.15, 0.2) is 0 Å². The Kier molecular flexibility index (Phi) is 5.09. The van der Waals surface area contributed by atoms with Gasteiger partial charge >= 0.3 is 0 Å². The molecule has 17 heavy (non-hydrogen) atoms. The van der Waals surface area contributed by atoms with Crippen molar-refractivity contribution in [2.24, 2.45) is 11.7 Å². The first-order valence-corrected chi connectivity index (χ1v) is 5.74. The summed E-state index contributed by atoms with van der Waals surface area (Å²) in [6, 6.07) is 5.83. The lowest BCUT2D eigenvalue weighted by molar-refractivity contribution is 0.254. The number of rotatable bonds is 4. The van der Waals surface area contributed by atoms with Crippen molar-refractivity contribution in [3.8, 4) is 11.5 Å². The van der Waals surface area contributed by atoms with Crippen molar-refractivity contribution in [2.45, 2.75) is 25.3 Å². The monoisotopic (exact) mass is 257 g/mol. The van der Waals surface area contributed by atoms with Gasteiger partial charge in [-0.3, -0.25) is 0 Å². The molecule has 0 unspecified atom stereocenters. The SMILES string of the molecule is COc1cccc(OC)c1[C@@H](N)C1CCC1.Cl. The molecular formula is C13H20ClNO2. The van der Waals surface area contributed by atoms with Gasteiger partial charge in [-0.15, -0.1) is 12.4 Å². The van der Waals surface area contributed by atoms with Crippen LogP contribution in [0, 0.1) is 5.92 Å². The maximum absolute atomic E-state index is 6.29. The Morgan fingerprint density at radius 1 is 1.18 bits per heavy atom. The molecule has 0 bridgehead atoms. The fourth-order valence-corrected chi connectivity index (χ4v) is 2.24. The van der Waals surface area contributed by atoms with E-state index in [1.807, 2.05) is 18.2 Å². The summed E-state index contributed by atoms with van der Waals surface area (Å²) in [5.74, 6) is 2.24. The molecule has 2 rings (SSSR count). The zero-order valence-electron chi connectivity index (χ0n) is 10.3. The van der Waals surface area contributed by atoms with Crippen LogP contribution in [-0.2, 0) is 0 Å². The van der Waals surface area contributed by atoms with Crippen molar-refractivity contribution in [1.82, 2.24) is 0 Å². The Balaban J connectivity index is 0.00000144. The van der Waals surface area contributed by atoms with E-state index in [9.17, 15) is 0 Å². The molecular weight excluding hydrogens is 238 g/mol. The third-order valence-corrected chi connectivity index (χ3v) is 3.46. The second-order valence-electron chi connectivity index (χ2n) is 4.29. The molecule has 1 aromatic rings. The van der Waals surface area contributed by atoms with E-state index in [1.165, 1.54) is 19.3 Å². The zero-order chi connectivity index (χ0) is 11.5. The normalized spacial score (nSPS) is 16.6. The van der Waals surface area contributed by atoms with Crippen molar-refractivity contribution in [3.05, 3.63) is 23.8 Å². The molecule has 0 spiro atoms. The minimum absolute atomic E-state index is 0. The molecule has 1 saturated carbocycles. The number of hydrogen-bond donors (Lipinski definition) is 1. The molecule has 0 heterocycles. The van der Waals surface area contributed by atoms with Gasteiger partial charge in [0.05, 0.1) is 19.8 Å². The van der Waals surface area contributed by atoms with Crippen LogP contribution in [0.3, 0.4) is 0 Å². The summed E-state index contributed by atoms with van der Waals surface area (Å²) in [6.07, 6.45) is 3.71. The third-order valence-electron chi connectivity index (χ3n) is 3.46. The highest BCUT2D eigenvalue weighted by atomic mass is 35.5. The van der Waals surface area contributed by atoms with Gasteiger partial charge in [0.1, 0.15) is 11.5 Å². The Hall–Kier alpha value is -0.930. The quantitative estimate of drug-likeness (QED) is 0.902. The highest BCUT2D eigenvalue weighted by molar-refractivity contribution is 5.85. The predicted molar refractivity (Wildman–Crippen MR) is 71.1 cm³/mol. The summed E-state index contributed by atoms with van der Waals surface area (Å²) >= 11 is 0. The van der Waals surface area contributed by atoms with Gasteiger partial charge in [-0.25, -0.2) is 0 Å². The Morgan fingerprint density at radius 2 is 1.71 bits per heavy atom. The number of hydrogen-bond acceptors (Lipinski definition) is 3. The van der Waals surface area contributed by atoms with Crippen LogP contribution >= 0.6 is 12.4 Å². The molecule has 0 radical (unpaired) electrons. The van der Waals surface area contributed by atoms with Crippen LogP contribution in [0.25, 0.3) is 0 Å². The van der Waals surface area contributed by atoms with E-state index >= 15 is 0 Å². The lowest BCUT2D eigenvalue weighted by Crippen LogP contribution is -2.27. The highest BCUT2D eigenvalue weighted by Gasteiger charge is 2.29. The van der Waals surface area contributed by atoms with Crippen LogP contribution in [0.15, 0.2) is 18.2 Å². The molecule has 4 heteroatoms. The molecule has 1 aromatic carbocycles. The molecule has 1 aliphatic carbocycles. The maximum Gasteiger partial charge on any atom is 0.127 e. The van der Waals surface area contributed by atoms with E-state index in [1.54, 1.807) is 14.2 Å². The summed E-state index contributed by atoms with van der Waals surface area (Å²) in [6.45, 7) is 0. The molecule has 2 N–H and O–H groups in total. The molecule has 96 valence electrons. The molecule has 3 nitrogen and oxygen atoms in total. The van der Waals surface area contributed by atoms with Crippen LogP contribution in [0.4, 0.5) is 0 Å². The van der Waals surface area contributed by atoms with Crippen LogP contribution in [0.2, 0.25) is 0 Å². The first-order chi connectivity index (χ1) is 7.77. The summed E-state index contributed by atoms with van der Waals surface area (Å²) in [5, 5.41) is 0. The van der Waals surface area contributed by atoms with Crippen LogP contribution in [-0.4, -0.2) is 14.2 Å². The summed E-state index contributed by atoms with van der Waals surface area (Å²) < 4.78 is 10.7. The topological polar surface area (TPSA) is 44.5 Å². The van der Waals surface area contributed by atoms with Gasteiger partial charge in [0.2, 0.25) is 0 Å². The van der Waals surface area contributed by atoms with Gasteiger partial charge < -0.3 is 15.2 Å². The second kappa shape index (κ2) is 6.12. The highest BCUT2D eigenvalue weighted by Crippen LogP contribution is 2.42. The molecule has 0 aliphatic heterocycles. The van der Waals surface area contributed by atoms with Gasteiger partial charge in [-0.05, 0) is 30.9 Å². The van der Waals surface area contributed by atoms with Crippen molar-refractivity contribution >= 4 is 12.4 Å². The molecule has 1 atom stereocenters. The predicted octanol–water partition coefficient (Wildman–Crippen LogP) is 2.93. The van der Waals surface area contributed by atoms with E-state index in [2.05, 4.69) is 0 Å². The molecule has 1 aliphatic rings. The second-order valence-corrected chi connectivity index (χ2v) is 4.29. The lowest BCUT2D eigenvalue weighted by Gasteiger charge is -2.32. The third kappa shape index (κ3) is 2.67. The molecule has 0 amide bonds. The van der Waals surface area contributed by atoms with Crippen molar-refractivity contribution in [1.29, 1.82) is 0 Å². The number of benzene rings is 1. The van der Waals surface area contributed by atoms with E-state index < -0.39 is 0 Å². The first kappa shape index (κ1) is 14.1. The van der Waals surface area contributed by atoms with Gasteiger partial charge in [-0.2, -0.15) is 0 Å². The number of halogens is 1. The average Bonchev–Trinajstić information content (AvgIpc) is 2.25. The van der Waals surface area contributed by atoms with Crippen LogP contribution < -0.4 is 15.2 Å². The van der Waals surface area contributed by atoms with E-state index in [4.69, 9.17) is 15.2 Å². The minimum Gasteiger partial charge on any atom is -0.496 e. The summed E-state index contributed by atoms with van der Waals surface area (Å²) in [4.78, 5) is 0. The number of ether oxygens (including phenoxy) is 2. The first-order valence-electron chi connectivity index (χ1n) is 5.74. The number of nitrogens with two attached hydrogens (primary N) is 1. The zero-order valence-corrected chi connectivity index (χ0v) is 11.1. The van der Waals surface area contributed by atoms with Crippen LogP contribution in [0.5, 0.6) is 11.5 Å². The Bertz CT molecular complexity index is 344. The average molecular weight is 258 g/mol. The van der Waals surface area contributed by atoms with E-state index in [-0.39, 0.29) is 18.4 Å². The maximum atomic E-state index is 6.29. The number of methoxy groups -OCH3 is 2. The fourth-order valence-electron chi connectivity index (χ4n) is 2.24. The molecule has 0 saturated heterocycles. The summed E-state index contributed by atoms with van der Waals surface area (Å²) in [5.41, 5.74) is 7.30.